The first-order valence-electron chi connectivity index (χ1n) is 16.9. The number of halogens is 1. The first kappa shape index (κ1) is 39.3. The van der Waals surface area contributed by atoms with Crippen molar-refractivity contribution < 1.29 is 24.0 Å². The lowest BCUT2D eigenvalue weighted by Gasteiger charge is -2.18. The highest BCUT2D eigenvalue weighted by Gasteiger charge is 2.23. The molecule has 36 heavy (non-hydrogen) atoms. The molecular weight excluding hydrogens is 566 g/mol. The maximum absolute atomic E-state index is 2.64. The first-order chi connectivity index (χ1) is 17.1. The molecule has 0 aliphatic carbocycles. The molecule has 0 aliphatic heterocycles. The zero-order valence-electron chi connectivity index (χ0n) is 26.0. The second-order valence-electron chi connectivity index (χ2n) is 12.6. The maximum Gasteiger partial charge on any atom is 0.0589 e. The fourth-order valence-electron chi connectivity index (χ4n) is 5.58. The topological polar surface area (TPSA) is 0 Å². The molecule has 0 radical (unpaired) electrons. The van der Waals surface area contributed by atoms with Gasteiger partial charge in [-0.05, 0) is 25.7 Å². The molecule has 0 rings (SSSR count). The van der Waals surface area contributed by atoms with E-state index in [-0.39, 0.29) is 24.0 Å². The average Bonchev–Trinajstić information content (AvgIpc) is 2.84. The third-order valence-electron chi connectivity index (χ3n) is 8.23. The standard InChI is InChI=1S/C34H72P.HI/c1-5-7-9-11-13-15-17-19-21-23-25-27-29-31-33-35(3,4)34-32-30-28-26-24-22-20-18-16-14-12-10-8-6-2;/h5-34H2,1-4H3;1H/q+1;/p-1. The lowest BCUT2D eigenvalue weighted by molar-refractivity contribution is -0.00000804. The normalized spacial score (nSPS) is 11.7. The Balaban J connectivity index is 0. The van der Waals surface area contributed by atoms with Gasteiger partial charge in [-0.15, -0.1) is 0 Å². The van der Waals surface area contributed by atoms with Crippen molar-refractivity contribution in [3.63, 3.8) is 0 Å². The van der Waals surface area contributed by atoms with Crippen LogP contribution in [0.3, 0.4) is 0 Å². The Bertz CT molecular complexity index is 347. The number of hydrogen-bond acceptors (Lipinski definition) is 0. The number of hydrogen-bond donors (Lipinski definition) is 0. The highest BCUT2D eigenvalue weighted by molar-refractivity contribution is 7.74. The number of unbranched alkanes of at least 4 members (excludes halogenated alkanes) is 26. The van der Waals surface area contributed by atoms with Gasteiger partial charge in [-0.25, -0.2) is 0 Å². The summed E-state index contributed by atoms with van der Waals surface area (Å²) in [6.07, 6.45) is 44.5. The van der Waals surface area contributed by atoms with E-state index < -0.39 is 7.26 Å². The third-order valence-corrected chi connectivity index (χ3v) is 11.3. The molecule has 0 aromatic rings. The molecule has 0 N–H and O–H groups in total. The van der Waals surface area contributed by atoms with E-state index >= 15 is 0 Å². The van der Waals surface area contributed by atoms with Crippen LogP contribution in [0.5, 0.6) is 0 Å². The monoisotopic (exact) mass is 638 g/mol. The molecule has 0 saturated carbocycles. The summed E-state index contributed by atoms with van der Waals surface area (Å²) >= 11 is 0. The smallest absolute Gasteiger partial charge is 0.0589 e. The molecule has 0 heterocycles. The lowest BCUT2D eigenvalue weighted by atomic mass is 10.0. The van der Waals surface area contributed by atoms with E-state index in [4.69, 9.17) is 0 Å². The summed E-state index contributed by atoms with van der Waals surface area (Å²) in [5.74, 6) is 0. The van der Waals surface area contributed by atoms with Gasteiger partial charge in [0.15, 0.2) is 0 Å². The van der Waals surface area contributed by atoms with Crippen molar-refractivity contribution in [1.29, 1.82) is 0 Å². The van der Waals surface area contributed by atoms with E-state index in [1.165, 1.54) is 180 Å². The van der Waals surface area contributed by atoms with Gasteiger partial charge in [0.25, 0.3) is 0 Å². The minimum absolute atomic E-state index is 0. The molecule has 0 aromatic heterocycles. The predicted molar refractivity (Wildman–Crippen MR) is 169 cm³/mol. The van der Waals surface area contributed by atoms with Crippen LogP contribution in [0.2, 0.25) is 0 Å². The minimum Gasteiger partial charge on any atom is -1.00 e. The van der Waals surface area contributed by atoms with Crippen molar-refractivity contribution in [2.45, 2.75) is 194 Å². The Morgan fingerprint density at radius 2 is 0.444 bits per heavy atom. The van der Waals surface area contributed by atoms with Gasteiger partial charge in [-0.1, -0.05) is 168 Å². The lowest BCUT2D eigenvalue weighted by Crippen LogP contribution is -3.00. The van der Waals surface area contributed by atoms with Crippen molar-refractivity contribution >= 4 is 7.26 Å². The molecule has 0 amide bonds. The average molecular weight is 639 g/mol. The summed E-state index contributed by atoms with van der Waals surface area (Å²) in [6.45, 7) is 9.89. The number of rotatable bonds is 30. The largest absolute Gasteiger partial charge is 1.00 e. The summed E-state index contributed by atoms with van der Waals surface area (Å²) in [4.78, 5) is 0. The minimum atomic E-state index is -0.612. The van der Waals surface area contributed by atoms with Crippen LogP contribution in [0.15, 0.2) is 0 Å². The quantitative estimate of drug-likeness (QED) is 0.0417. The van der Waals surface area contributed by atoms with Gasteiger partial charge in [0.1, 0.15) is 0 Å². The van der Waals surface area contributed by atoms with Crippen LogP contribution >= 0.6 is 7.26 Å². The second-order valence-corrected chi connectivity index (χ2v) is 17.3. The molecule has 0 atom stereocenters. The molecule has 0 bridgehead atoms. The molecular formula is C34H72IP. The van der Waals surface area contributed by atoms with Gasteiger partial charge in [0, 0.05) is 20.6 Å². The van der Waals surface area contributed by atoms with E-state index in [9.17, 15) is 0 Å². The van der Waals surface area contributed by atoms with Gasteiger partial charge in [0.2, 0.25) is 0 Å². The summed E-state index contributed by atoms with van der Waals surface area (Å²) in [5.41, 5.74) is 0. The van der Waals surface area contributed by atoms with Crippen LogP contribution in [0.25, 0.3) is 0 Å². The fraction of sp³-hybridized carbons (Fsp3) is 1.00. The SMILES string of the molecule is CCCCCCCCCCCCCCCC[P+](C)(C)CCCCCCCCCCCCCCCC.[I-]. The first-order valence-corrected chi connectivity index (χ1v) is 20.0. The predicted octanol–water partition coefficient (Wildman–Crippen LogP) is 10.2. The van der Waals surface area contributed by atoms with Crippen LogP contribution in [0.4, 0.5) is 0 Å². The van der Waals surface area contributed by atoms with Crippen LogP contribution in [0.1, 0.15) is 194 Å². The molecule has 0 aromatic carbocycles. The van der Waals surface area contributed by atoms with E-state index in [2.05, 4.69) is 27.2 Å². The van der Waals surface area contributed by atoms with Crippen molar-refractivity contribution in [2.75, 3.05) is 25.7 Å². The third kappa shape index (κ3) is 33.2. The second kappa shape index (κ2) is 32.4. The van der Waals surface area contributed by atoms with E-state index in [1.807, 2.05) is 0 Å². The summed E-state index contributed by atoms with van der Waals surface area (Å²) < 4.78 is 0. The molecule has 2 heteroatoms. The molecule has 0 aliphatic rings. The van der Waals surface area contributed by atoms with Crippen molar-refractivity contribution in [3.8, 4) is 0 Å². The maximum atomic E-state index is 2.64. The Labute approximate surface area is 249 Å². The van der Waals surface area contributed by atoms with Crippen LogP contribution < -0.4 is 24.0 Å². The molecule has 0 spiro atoms. The van der Waals surface area contributed by atoms with Crippen LogP contribution in [-0.2, 0) is 0 Å². The molecule has 0 fully saturated rings. The van der Waals surface area contributed by atoms with Crippen LogP contribution in [-0.4, -0.2) is 25.7 Å². The fourth-order valence-corrected chi connectivity index (χ4v) is 7.96. The summed E-state index contributed by atoms with van der Waals surface area (Å²) in [7, 11) is -0.612. The highest BCUT2D eigenvalue weighted by Crippen LogP contribution is 2.52. The Hall–Kier alpha value is 1.16. The zero-order valence-corrected chi connectivity index (χ0v) is 29.1. The Morgan fingerprint density at radius 1 is 0.278 bits per heavy atom. The zero-order chi connectivity index (χ0) is 25.7. The molecule has 0 saturated heterocycles. The van der Waals surface area contributed by atoms with Gasteiger partial charge < -0.3 is 24.0 Å². The molecule has 0 nitrogen and oxygen atoms in total. The van der Waals surface area contributed by atoms with Crippen molar-refractivity contribution in [1.82, 2.24) is 0 Å². The summed E-state index contributed by atoms with van der Waals surface area (Å²) in [5, 5.41) is 0. The highest BCUT2D eigenvalue weighted by atomic mass is 127. The van der Waals surface area contributed by atoms with Crippen molar-refractivity contribution in [2.24, 2.45) is 0 Å². The Morgan fingerprint density at radius 3 is 0.639 bits per heavy atom. The van der Waals surface area contributed by atoms with Crippen LogP contribution in [0, 0.1) is 0 Å². The van der Waals surface area contributed by atoms with Gasteiger partial charge in [0.05, 0.1) is 12.3 Å². The van der Waals surface area contributed by atoms with Gasteiger partial charge in [-0.3, -0.25) is 0 Å². The van der Waals surface area contributed by atoms with Gasteiger partial charge in [-0.2, -0.15) is 0 Å². The van der Waals surface area contributed by atoms with Crippen molar-refractivity contribution in [3.05, 3.63) is 0 Å². The van der Waals surface area contributed by atoms with Gasteiger partial charge >= 0.3 is 0 Å². The summed E-state index contributed by atoms with van der Waals surface area (Å²) in [6, 6.07) is 0. The van der Waals surface area contributed by atoms with E-state index in [0.717, 1.165) is 0 Å². The Kier molecular flexibility index (Phi) is 35.3. The van der Waals surface area contributed by atoms with E-state index in [0.29, 0.717) is 0 Å². The molecule has 220 valence electrons. The molecule has 0 unspecified atom stereocenters. The van der Waals surface area contributed by atoms with E-state index in [1.54, 1.807) is 12.3 Å².